The van der Waals surface area contributed by atoms with Crippen LogP contribution >= 0.6 is 11.8 Å². The van der Waals surface area contributed by atoms with Crippen LogP contribution in [0.2, 0.25) is 0 Å². The zero-order chi connectivity index (χ0) is 13.5. The van der Waals surface area contributed by atoms with E-state index in [1.165, 1.54) is 16.7 Å². The van der Waals surface area contributed by atoms with E-state index >= 15 is 0 Å². The Hall–Kier alpha value is -1.56. The van der Waals surface area contributed by atoms with Gasteiger partial charge in [0.25, 0.3) is 5.91 Å². The largest absolute Gasteiger partial charge is 0.481 e. The minimum atomic E-state index is -0.845. The fraction of sp³-hybridized carbons (Fsp3) is 0.417. The monoisotopic (exact) mass is 268 g/mol. The van der Waals surface area contributed by atoms with Crippen LogP contribution < -0.4 is 0 Å². The van der Waals surface area contributed by atoms with Gasteiger partial charge in [-0.05, 0) is 24.8 Å². The van der Waals surface area contributed by atoms with E-state index in [1.807, 2.05) is 6.26 Å². The lowest BCUT2D eigenvalue weighted by atomic mass is 10.2. The highest BCUT2D eigenvalue weighted by Crippen LogP contribution is 2.18. The number of carbonyl (C=O) groups excluding carboxylic acids is 1. The molecule has 1 N–H and O–H groups in total. The van der Waals surface area contributed by atoms with Crippen LogP contribution in [0.1, 0.15) is 23.2 Å². The molecular weight excluding hydrogens is 252 g/mol. The Kier molecular flexibility index (Phi) is 5.64. The van der Waals surface area contributed by atoms with Crippen molar-refractivity contribution in [2.45, 2.75) is 17.9 Å². The van der Waals surface area contributed by atoms with Gasteiger partial charge in [-0.3, -0.25) is 9.59 Å². The second-order valence-corrected chi connectivity index (χ2v) is 4.58. The Balaban J connectivity index is 2.65. The van der Waals surface area contributed by atoms with E-state index in [2.05, 4.69) is 4.98 Å². The van der Waals surface area contributed by atoms with Crippen molar-refractivity contribution in [3.8, 4) is 0 Å². The number of aliphatic carboxylic acids is 1. The van der Waals surface area contributed by atoms with Crippen molar-refractivity contribution in [3.63, 3.8) is 0 Å². The van der Waals surface area contributed by atoms with Crippen LogP contribution in [0, 0.1) is 0 Å². The maximum Gasteiger partial charge on any atom is 0.303 e. The first kappa shape index (κ1) is 14.5. The number of thioether (sulfide) groups is 1. The minimum Gasteiger partial charge on any atom is -0.481 e. The van der Waals surface area contributed by atoms with E-state index in [1.54, 1.807) is 25.4 Å². The number of carbonyl (C=O) groups is 2. The predicted octanol–water partition coefficient (Wildman–Crippen LogP) is 1.74. The highest BCUT2D eigenvalue weighted by Gasteiger charge is 2.15. The zero-order valence-corrected chi connectivity index (χ0v) is 11.2. The summed E-state index contributed by atoms with van der Waals surface area (Å²) in [7, 11) is 1.67. The van der Waals surface area contributed by atoms with Gasteiger partial charge in [0.2, 0.25) is 0 Å². The third-order valence-corrected chi connectivity index (χ3v) is 3.14. The summed E-state index contributed by atoms with van der Waals surface area (Å²) in [4.78, 5) is 28.2. The Labute approximate surface area is 110 Å². The number of amides is 1. The molecule has 0 saturated carbocycles. The molecule has 5 nitrogen and oxygen atoms in total. The molecule has 0 aliphatic heterocycles. The summed E-state index contributed by atoms with van der Waals surface area (Å²) in [6.45, 7) is 0.424. The van der Waals surface area contributed by atoms with Gasteiger partial charge < -0.3 is 10.0 Å². The Bertz CT molecular complexity index is 437. The van der Waals surface area contributed by atoms with Crippen molar-refractivity contribution in [1.29, 1.82) is 0 Å². The van der Waals surface area contributed by atoms with Crippen molar-refractivity contribution >= 4 is 23.6 Å². The summed E-state index contributed by atoms with van der Waals surface area (Å²) in [5, 5.41) is 9.23. The van der Waals surface area contributed by atoms with Crippen molar-refractivity contribution < 1.29 is 14.7 Å². The van der Waals surface area contributed by atoms with E-state index < -0.39 is 5.97 Å². The van der Waals surface area contributed by atoms with E-state index in [-0.39, 0.29) is 12.3 Å². The lowest BCUT2D eigenvalue weighted by Crippen LogP contribution is -2.28. The van der Waals surface area contributed by atoms with Crippen molar-refractivity contribution in [3.05, 3.63) is 23.9 Å². The number of rotatable bonds is 6. The van der Waals surface area contributed by atoms with Gasteiger partial charge in [0.15, 0.2) is 0 Å². The van der Waals surface area contributed by atoms with Gasteiger partial charge >= 0.3 is 5.97 Å². The zero-order valence-electron chi connectivity index (χ0n) is 10.4. The maximum atomic E-state index is 12.1. The molecule has 0 aliphatic carbocycles. The fourth-order valence-electron chi connectivity index (χ4n) is 1.49. The van der Waals surface area contributed by atoms with Crippen LogP contribution in [0.25, 0.3) is 0 Å². The van der Waals surface area contributed by atoms with Gasteiger partial charge in [-0.1, -0.05) is 0 Å². The van der Waals surface area contributed by atoms with Gasteiger partial charge in [-0.25, -0.2) is 4.98 Å². The number of pyridine rings is 1. The summed E-state index contributed by atoms with van der Waals surface area (Å²) >= 11 is 1.42. The molecule has 1 aromatic rings. The lowest BCUT2D eigenvalue weighted by Gasteiger charge is -2.17. The predicted molar refractivity (Wildman–Crippen MR) is 69.8 cm³/mol. The number of carboxylic acids is 1. The molecule has 1 amide bonds. The summed E-state index contributed by atoms with van der Waals surface area (Å²) < 4.78 is 0. The van der Waals surface area contributed by atoms with Gasteiger partial charge in [0.1, 0.15) is 5.03 Å². The smallest absolute Gasteiger partial charge is 0.303 e. The van der Waals surface area contributed by atoms with Gasteiger partial charge in [0, 0.05) is 26.2 Å². The highest BCUT2D eigenvalue weighted by molar-refractivity contribution is 7.98. The minimum absolute atomic E-state index is 0.0695. The average molecular weight is 268 g/mol. The Morgan fingerprint density at radius 1 is 1.50 bits per heavy atom. The molecule has 0 unspecified atom stereocenters. The second-order valence-electron chi connectivity index (χ2n) is 3.78. The number of hydrogen-bond acceptors (Lipinski definition) is 4. The topological polar surface area (TPSA) is 70.5 Å². The van der Waals surface area contributed by atoms with E-state index in [4.69, 9.17) is 5.11 Å². The van der Waals surface area contributed by atoms with Crippen molar-refractivity contribution in [1.82, 2.24) is 9.88 Å². The van der Waals surface area contributed by atoms with Crippen LogP contribution in [0.4, 0.5) is 0 Å². The van der Waals surface area contributed by atoms with Crippen molar-refractivity contribution in [2.24, 2.45) is 0 Å². The van der Waals surface area contributed by atoms with Crippen LogP contribution in [-0.2, 0) is 4.79 Å². The Morgan fingerprint density at radius 2 is 2.22 bits per heavy atom. The third-order valence-electron chi connectivity index (χ3n) is 2.43. The molecule has 0 spiro atoms. The number of aromatic nitrogens is 1. The summed E-state index contributed by atoms with van der Waals surface area (Å²) in [5.41, 5.74) is 0.558. The van der Waals surface area contributed by atoms with Crippen LogP contribution in [0.15, 0.2) is 23.4 Å². The number of hydrogen-bond donors (Lipinski definition) is 1. The molecule has 0 radical (unpaired) electrons. The molecule has 0 bridgehead atoms. The summed E-state index contributed by atoms with van der Waals surface area (Å²) in [5.74, 6) is -0.972. The molecule has 0 aliphatic rings. The third kappa shape index (κ3) is 4.03. The molecule has 0 fully saturated rings. The summed E-state index contributed by atoms with van der Waals surface area (Å²) in [6, 6.07) is 3.45. The first-order valence-corrected chi connectivity index (χ1v) is 6.75. The molecule has 0 aromatic carbocycles. The molecule has 1 aromatic heterocycles. The molecular formula is C12H16N2O3S. The number of nitrogens with zero attached hydrogens (tertiary/aromatic N) is 2. The average Bonchev–Trinajstić information content (AvgIpc) is 2.37. The molecule has 0 saturated heterocycles. The van der Waals surface area contributed by atoms with Gasteiger partial charge in [0.05, 0.1) is 5.56 Å². The molecule has 0 atom stereocenters. The Morgan fingerprint density at radius 3 is 2.83 bits per heavy atom. The van der Waals surface area contributed by atoms with E-state index in [9.17, 15) is 9.59 Å². The van der Waals surface area contributed by atoms with E-state index in [0.717, 1.165) is 0 Å². The number of carboxylic acid groups (broad SMARTS) is 1. The van der Waals surface area contributed by atoms with Crippen molar-refractivity contribution in [2.75, 3.05) is 19.8 Å². The highest BCUT2D eigenvalue weighted by atomic mass is 32.2. The second kappa shape index (κ2) is 7.00. The first-order chi connectivity index (χ1) is 8.56. The molecule has 1 heterocycles. The van der Waals surface area contributed by atoms with Crippen LogP contribution in [0.3, 0.4) is 0 Å². The molecule has 18 heavy (non-hydrogen) atoms. The lowest BCUT2D eigenvalue weighted by molar-refractivity contribution is -0.137. The van der Waals surface area contributed by atoms with Gasteiger partial charge in [-0.2, -0.15) is 0 Å². The maximum absolute atomic E-state index is 12.1. The van der Waals surface area contributed by atoms with Crippen LogP contribution in [-0.4, -0.2) is 46.7 Å². The van der Waals surface area contributed by atoms with E-state index in [0.29, 0.717) is 23.6 Å². The SMILES string of the molecule is CSc1ncccc1C(=O)N(C)CCCC(=O)O. The first-order valence-electron chi connectivity index (χ1n) is 5.52. The molecule has 6 heteroatoms. The normalized spacial score (nSPS) is 10.1. The van der Waals surface area contributed by atoms with Gasteiger partial charge in [-0.15, -0.1) is 11.8 Å². The quantitative estimate of drug-likeness (QED) is 0.796. The van der Waals surface area contributed by atoms with Crippen LogP contribution in [0.5, 0.6) is 0 Å². The summed E-state index contributed by atoms with van der Waals surface area (Å²) in [6.07, 6.45) is 4.03. The molecule has 1 rings (SSSR count). The standard InChI is InChI=1S/C12H16N2O3S/c1-14(8-4-6-10(15)16)12(17)9-5-3-7-13-11(9)18-2/h3,5,7H,4,6,8H2,1-2H3,(H,15,16). The fourth-order valence-corrected chi connectivity index (χ4v) is 2.03. The molecule has 98 valence electrons.